The van der Waals surface area contributed by atoms with Gasteiger partial charge in [-0.2, -0.15) is 9.78 Å². The van der Waals surface area contributed by atoms with Gasteiger partial charge in [-0.15, -0.1) is 0 Å². The molecule has 2 N–H and O–H groups in total. The summed E-state index contributed by atoms with van der Waals surface area (Å²) >= 11 is 0. The molecule has 0 aliphatic carbocycles. The first-order valence-corrected chi connectivity index (χ1v) is 9.97. The van der Waals surface area contributed by atoms with Gasteiger partial charge in [0.25, 0.3) is 0 Å². The minimum atomic E-state index is 0.120. The summed E-state index contributed by atoms with van der Waals surface area (Å²) in [5.41, 5.74) is 7.94. The topological polar surface area (TPSA) is 66.7 Å². The molecule has 0 fully saturated rings. The number of aryl methyl sites for hydroxylation is 2. The van der Waals surface area contributed by atoms with Gasteiger partial charge in [-0.1, -0.05) is 66.2 Å². The van der Waals surface area contributed by atoms with Crippen LogP contribution in [0.2, 0.25) is 0 Å². The smallest absolute Gasteiger partial charge is 0.232 e. The van der Waals surface area contributed by atoms with Gasteiger partial charge in [0, 0.05) is 12.0 Å². The van der Waals surface area contributed by atoms with Crippen LogP contribution in [0.15, 0.2) is 72.8 Å². The van der Waals surface area contributed by atoms with E-state index in [1.165, 1.54) is 10.2 Å². The summed E-state index contributed by atoms with van der Waals surface area (Å²) in [6.45, 7) is 3.99. The second kappa shape index (κ2) is 7.19. The molecule has 5 nitrogen and oxygen atoms in total. The van der Waals surface area contributed by atoms with Crippen molar-refractivity contribution in [1.82, 2.24) is 19.7 Å². The molecule has 0 saturated carbocycles. The van der Waals surface area contributed by atoms with E-state index in [0.29, 0.717) is 12.4 Å². The van der Waals surface area contributed by atoms with Crippen LogP contribution < -0.4 is 0 Å². The number of imidazole rings is 1. The van der Waals surface area contributed by atoms with Gasteiger partial charge in [0.15, 0.2) is 0 Å². The molecule has 3 aromatic carbocycles. The number of hydrogen-bond donors (Lipinski definition) is 2. The van der Waals surface area contributed by atoms with Crippen molar-refractivity contribution in [2.75, 3.05) is 0 Å². The van der Waals surface area contributed by atoms with E-state index in [1.807, 2.05) is 43.3 Å². The zero-order chi connectivity index (χ0) is 20.7. The molecular weight excluding hydrogens is 372 g/mol. The molecule has 0 unspecified atom stereocenters. The summed E-state index contributed by atoms with van der Waals surface area (Å²) in [5, 5.41) is 15.4. The molecule has 0 saturated heterocycles. The largest absolute Gasteiger partial charge is 0.493 e. The van der Waals surface area contributed by atoms with Crippen molar-refractivity contribution >= 4 is 11.0 Å². The number of rotatable bonds is 4. The van der Waals surface area contributed by atoms with Crippen molar-refractivity contribution < 1.29 is 5.11 Å². The van der Waals surface area contributed by atoms with Gasteiger partial charge in [0.05, 0.1) is 16.7 Å². The Morgan fingerprint density at radius 2 is 1.63 bits per heavy atom. The van der Waals surface area contributed by atoms with Crippen LogP contribution in [0.4, 0.5) is 0 Å². The van der Waals surface area contributed by atoms with Crippen molar-refractivity contribution in [2.45, 2.75) is 20.3 Å². The zero-order valence-electron chi connectivity index (χ0n) is 16.9. The molecule has 0 amide bonds. The normalized spacial score (nSPS) is 11.3. The summed E-state index contributed by atoms with van der Waals surface area (Å²) in [4.78, 5) is 7.97. The molecular formula is C25H22N4O. The molecule has 148 valence electrons. The lowest BCUT2D eigenvalue weighted by Gasteiger charge is -2.02. The molecule has 5 aromatic rings. The quantitative estimate of drug-likeness (QED) is 0.433. The molecule has 0 radical (unpaired) electrons. The average Bonchev–Trinajstić information content (AvgIpc) is 3.30. The Morgan fingerprint density at radius 3 is 2.40 bits per heavy atom. The molecule has 2 aromatic heterocycles. The average molecular weight is 394 g/mol. The van der Waals surface area contributed by atoms with Gasteiger partial charge in [0.1, 0.15) is 0 Å². The molecule has 0 spiro atoms. The number of H-pyrrole nitrogens is 1. The van der Waals surface area contributed by atoms with Crippen LogP contribution in [0.5, 0.6) is 5.88 Å². The third-order valence-corrected chi connectivity index (χ3v) is 5.44. The Kier molecular flexibility index (Phi) is 4.36. The van der Waals surface area contributed by atoms with Crippen molar-refractivity contribution in [2.24, 2.45) is 0 Å². The fraction of sp³-hybridized carbons (Fsp3) is 0.120. The van der Waals surface area contributed by atoms with E-state index in [2.05, 4.69) is 53.4 Å². The summed E-state index contributed by atoms with van der Waals surface area (Å²) in [7, 11) is 0. The Labute approximate surface area is 174 Å². The maximum absolute atomic E-state index is 10.8. The highest BCUT2D eigenvalue weighted by Gasteiger charge is 2.18. The summed E-state index contributed by atoms with van der Waals surface area (Å²) in [6, 6.07) is 24.6. The Morgan fingerprint density at radius 1 is 0.900 bits per heavy atom. The maximum Gasteiger partial charge on any atom is 0.232 e. The summed E-state index contributed by atoms with van der Waals surface area (Å²) < 4.78 is 1.49. The van der Waals surface area contributed by atoms with Gasteiger partial charge < -0.3 is 10.1 Å². The predicted octanol–water partition coefficient (Wildman–Crippen LogP) is 5.33. The van der Waals surface area contributed by atoms with Crippen LogP contribution in [-0.2, 0) is 6.42 Å². The van der Waals surface area contributed by atoms with Crippen LogP contribution in [0.1, 0.15) is 22.4 Å². The highest BCUT2D eigenvalue weighted by atomic mass is 16.3. The lowest BCUT2D eigenvalue weighted by molar-refractivity contribution is 0.426. The van der Waals surface area contributed by atoms with Crippen LogP contribution in [-0.4, -0.2) is 24.9 Å². The molecule has 0 aliphatic rings. The standard InChI is InChI=1S/C25H22N4O/c1-16-8-10-19(11-9-16)20-12-13-22-23(15-20)27-25(26-22)29-24(30)21(17(2)28-29)14-18-6-4-3-5-7-18/h3-13,15,30H,14H2,1-2H3,(H,26,27). The highest BCUT2D eigenvalue weighted by molar-refractivity contribution is 5.82. The minimum absolute atomic E-state index is 0.120. The van der Waals surface area contributed by atoms with Gasteiger partial charge in [-0.05, 0) is 42.7 Å². The van der Waals surface area contributed by atoms with Crippen LogP contribution in [0, 0.1) is 13.8 Å². The van der Waals surface area contributed by atoms with Gasteiger partial charge in [-0.25, -0.2) is 4.98 Å². The van der Waals surface area contributed by atoms with E-state index in [-0.39, 0.29) is 5.88 Å². The number of aromatic nitrogens is 4. The second-order valence-electron chi connectivity index (χ2n) is 7.62. The monoisotopic (exact) mass is 394 g/mol. The van der Waals surface area contributed by atoms with Crippen molar-refractivity contribution in [3.63, 3.8) is 0 Å². The van der Waals surface area contributed by atoms with E-state index < -0.39 is 0 Å². The van der Waals surface area contributed by atoms with Gasteiger partial charge in [0.2, 0.25) is 11.8 Å². The van der Waals surface area contributed by atoms with Crippen molar-refractivity contribution in [1.29, 1.82) is 0 Å². The number of hydrogen-bond acceptors (Lipinski definition) is 3. The van der Waals surface area contributed by atoms with E-state index in [4.69, 9.17) is 4.98 Å². The summed E-state index contributed by atoms with van der Waals surface area (Å²) in [5.74, 6) is 0.625. The fourth-order valence-electron chi connectivity index (χ4n) is 3.72. The maximum atomic E-state index is 10.8. The molecule has 0 bridgehead atoms. The van der Waals surface area contributed by atoms with Crippen molar-refractivity contribution in [3.05, 3.63) is 95.2 Å². The molecule has 5 rings (SSSR count). The number of fused-ring (bicyclic) bond motifs is 1. The van der Waals surface area contributed by atoms with Crippen LogP contribution in [0.25, 0.3) is 28.1 Å². The first-order chi connectivity index (χ1) is 14.6. The summed E-state index contributed by atoms with van der Waals surface area (Å²) in [6.07, 6.45) is 0.621. The van der Waals surface area contributed by atoms with Crippen LogP contribution in [0.3, 0.4) is 0 Å². The zero-order valence-corrected chi connectivity index (χ0v) is 16.9. The van der Waals surface area contributed by atoms with E-state index in [0.717, 1.165) is 39.0 Å². The number of nitrogens with one attached hydrogen (secondary N) is 1. The number of benzene rings is 3. The SMILES string of the molecule is Cc1ccc(-c2ccc3[nH]c(-n4nc(C)c(Cc5ccccc5)c4O)nc3c2)cc1. The predicted molar refractivity (Wildman–Crippen MR) is 119 cm³/mol. The molecule has 0 aliphatic heterocycles. The molecule has 0 atom stereocenters. The third-order valence-electron chi connectivity index (χ3n) is 5.44. The van der Waals surface area contributed by atoms with E-state index in [1.54, 1.807) is 0 Å². The van der Waals surface area contributed by atoms with Crippen LogP contribution >= 0.6 is 0 Å². The molecule has 30 heavy (non-hydrogen) atoms. The minimum Gasteiger partial charge on any atom is -0.493 e. The third kappa shape index (κ3) is 3.24. The van der Waals surface area contributed by atoms with Crippen molar-refractivity contribution in [3.8, 4) is 23.0 Å². The number of aromatic amines is 1. The number of nitrogens with zero attached hydrogens (tertiary/aromatic N) is 3. The number of aromatic hydroxyl groups is 1. The van der Waals surface area contributed by atoms with E-state index >= 15 is 0 Å². The fourth-order valence-corrected chi connectivity index (χ4v) is 3.72. The van der Waals surface area contributed by atoms with Gasteiger partial charge >= 0.3 is 0 Å². The lowest BCUT2D eigenvalue weighted by Crippen LogP contribution is -1.98. The molecule has 5 heteroatoms. The van der Waals surface area contributed by atoms with E-state index in [9.17, 15) is 5.11 Å². The first kappa shape index (κ1) is 18.2. The van der Waals surface area contributed by atoms with Gasteiger partial charge in [-0.3, -0.25) is 0 Å². The second-order valence-corrected chi connectivity index (χ2v) is 7.62. The Bertz CT molecular complexity index is 1330. The lowest BCUT2D eigenvalue weighted by atomic mass is 10.0. The Hall–Kier alpha value is -3.86. The molecule has 2 heterocycles. The Balaban J connectivity index is 1.52. The highest BCUT2D eigenvalue weighted by Crippen LogP contribution is 2.28. The first-order valence-electron chi connectivity index (χ1n) is 9.97.